The second-order valence-electron chi connectivity index (χ2n) is 7.68. The van der Waals surface area contributed by atoms with Crippen LogP contribution in [0.25, 0.3) is 0 Å². The van der Waals surface area contributed by atoms with Gasteiger partial charge in [-0.15, -0.1) is 0 Å². The van der Waals surface area contributed by atoms with Gasteiger partial charge in [0.15, 0.2) is 23.3 Å². The van der Waals surface area contributed by atoms with Crippen LogP contribution < -0.4 is 10.2 Å². The van der Waals surface area contributed by atoms with Gasteiger partial charge >= 0.3 is 6.03 Å². The van der Waals surface area contributed by atoms with Crippen LogP contribution in [-0.2, 0) is 22.6 Å². The van der Waals surface area contributed by atoms with E-state index in [9.17, 15) is 22.8 Å². The van der Waals surface area contributed by atoms with Crippen LogP contribution >= 0.6 is 22.6 Å². The number of aliphatic imine (C=N–C) groups is 1. The Morgan fingerprint density at radius 2 is 2.03 bits per heavy atom. The van der Waals surface area contributed by atoms with Gasteiger partial charge in [0.25, 0.3) is 0 Å². The van der Waals surface area contributed by atoms with E-state index in [4.69, 9.17) is 4.74 Å². The molecule has 0 radical (unpaired) electrons. The molecule has 3 heterocycles. The van der Waals surface area contributed by atoms with Gasteiger partial charge in [0.2, 0.25) is 5.91 Å². The van der Waals surface area contributed by atoms with Crippen LogP contribution in [0.5, 0.6) is 0 Å². The van der Waals surface area contributed by atoms with Crippen LogP contribution in [0.1, 0.15) is 19.0 Å². The Bertz CT molecular complexity index is 1160. The first-order valence-electron chi connectivity index (χ1n) is 10.2. The number of hydrogen-bond donors (Lipinski definition) is 1. The number of amides is 3. The van der Waals surface area contributed by atoms with Crippen LogP contribution in [0.4, 0.5) is 29.3 Å². The quantitative estimate of drug-likeness (QED) is 0.147. The lowest BCUT2D eigenvalue weighted by atomic mass is 10.2. The van der Waals surface area contributed by atoms with Gasteiger partial charge in [-0.2, -0.15) is 5.10 Å². The van der Waals surface area contributed by atoms with Gasteiger partial charge in [-0.3, -0.25) is 9.48 Å². The molecular weight excluding hydrogens is 568 g/mol. The fraction of sp³-hybridized carbons (Fsp3) is 0.333. The SMILES string of the molecule is C=CN=C(C)O[C@H]1CC(=O)N(c2cnn3c2CN(C(=O)Nc2cc(F)c(F)c(F)c2)[C@@H](I)C3)C1. The van der Waals surface area contributed by atoms with Gasteiger partial charge in [-0.25, -0.2) is 23.0 Å². The molecule has 1 N–H and O–H groups in total. The summed E-state index contributed by atoms with van der Waals surface area (Å²) in [4.78, 5) is 32.5. The molecule has 180 valence electrons. The van der Waals surface area contributed by atoms with E-state index in [1.54, 1.807) is 22.7 Å². The minimum Gasteiger partial charge on any atom is -0.475 e. The lowest BCUT2D eigenvalue weighted by molar-refractivity contribution is -0.117. The van der Waals surface area contributed by atoms with Crippen LogP contribution in [-0.4, -0.2) is 49.2 Å². The lowest BCUT2D eigenvalue weighted by Gasteiger charge is -2.33. The van der Waals surface area contributed by atoms with Crippen molar-refractivity contribution in [3.05, 3.63) is 54.3 Å². The van der Waals surface area contributed by atoms with Crippen molar-refractivity contribution in [3.8, 4) is 0 Å². The Morgan fingerprint density at radius 3 is 2.71 bits per heavy atom. The summed E-state index contributed by atoms with van der Waals surface area (Å²) in [7, 11) is 0. The maximum Gasteiger partial charge on any atom is 0.323 e. The molecule has 34 heavy (non-hydrogen) atoms. The number of hydrogen-bond acceptors (Lipinski definition) is 5. The van der Waals surface area contributed by atoms with E-state index in [1.807, 2.05) is 0 Å². The standard InChI is InChI=1S/C21H20F3IN6O3/c1-3-26-11(2)34-13-6-19(32)29(8-13)16-7-27-31-10-18(25)30(9-17(16)31)21(33)28-12-4-14(22)20(24)15(23)5-12/h3-5,7,13,18H,1,6,8-10H2,2H3,(H,28,33)/t13-,18+/m0/s1. The van der Waals surface area contributed by atoms with Crippen molar-refractivity contribution in [2.75, 3.05) is 16.8 Å². The number of urea groups is 1. The number of nitrogens with zero attached hydrogens (tertiary/aromatic N) is 5. The number of anilines is 2. The number of alkyl halides is 1. The molecule has 1 saturated heterocycles. The van der Waals surface area contributed by atoms with E-state index in [1.165, 1.54) is 11.1 Å². The van der Waals surface area contributed by atoms with Crippen molar-refractivity contribution in [1.82, 2.24) is 14.7 Å². The van der Waals surface area contributed by atoms with Crippen LogP contribution in [0, 0.1) is 17.5 Å². The molecule has 3 amide bonds. The van der Waals surface area contributed by atoms with Gasteiger partial charge in [-0.1, -0.05) is 29.2 Å². The number of benzene rings is 1. The van der Waals surface area contributed by atoms with Gasteiger partial charge in [-0.05, 0) is 0 Å². The number of carbonyl (C=O) groups excluding carboxylic acids is 2. The maximum absolute atomic E-state index is 13.5. The molecule has 2 aliphatic heterocycles. The Hall–Kier alpha value is -3.10. The molecule has 1 aromatic heterocycles. The van der Waals surface area contributed by atoms with Crippen molar-refractivity contribution in [3.63, 3.8) is 0 Å². The number of nitrogens with one attached hydrogen (secondary N) is 1. The fourth-order valence-corrected chi connectivity index (χ4v) is 4.68. The predicted octanol–water partition coefficient (Wildman–Crippen LogP) is 3.79. The monoisotopic (exact) mass is 588 g/mol. The normalized spacial score (nSPS) is 20.4. The van der Waals surface area contributed by atoms with E-state index in [-0.39, 0.29) is 35.2 Å². The first-order valence-corrected chi connectivity index (χ1v) is 11.5. The lowest BCUT2D eigenvalue weighted by Crippen LogP contribution is -2.45. The summed E-state index contributed by atoms with van der Waals surface area (Å²) in [5, 5.41) is 6.75. The van der Waals surface area contributed by atoms with E-state index in [0.717, 1.165) is 0 Å². The minimum absolute atomic E-state index is 0.0905. The van der Waals surface area contributed by atoms with Crippen LogP contribution in [0.2, 0.25) is 0 Å². The molecule has 4 rings (SSSR count). The summed E-state index contributed by atoms with van der Waals surface area (Å²) in [5.41, 5.74) is 0.968. The van der Waals surface area contributed by atoms with E-state index in [0.29, 0.717) is 36.0 Å². The summed E-state index contributed by atoms with van der Waals surface area (Å²) < 4.78 is 47.3. The highest BCUT2D eigenvalue weighted by Crippen LogP contribution is 2.32. The van der Waals surface area contributed by atoms with E-state index >= 15 is 0 Å². The number of fused-ring (bicyclic) bond motifs is 1. The van der Waals surface area contributed by atoms with Gasteiger partial charge in [0.05, 0.1) is 43.6 Å². The Morgan fingerprint density at radius 1 is 1.32 bits per heavy atom. The van der Waals surface area contributed by atoms with Crippen molar-refractivity contribution in [1.29, 1.82) is 0 Å². The molecule has 2 atom stereocenters. The molecule has 0 aliphatic carbocycles. The van der Waals surface area contributed by atoms with Crippen LogP contribution in [0.3, 0.4) is 0 Å². The first kappa shape index (κ1) is 24.0. The van der Waals surface area contributed by atoms with Gasteiger partial charge in [0.1, 0.15) is 10.2 Å². The topological polar surface area (TPSA) is 92.1 Å². The largest absolute Gasteiger partial charge is 0.475 e. The molecule has 2 aromatic rings. The molecule has 0 unspecified atom stereocenters. The maximum atomic E-state index is 13.5. The first-order chi connectivity index (χ1) is 16.2. The highest BCUT2D eigenvalue weighted by atomic mass is 127. The predicted molar refractivity (Wildman–Crippen MR) is 126 cm³/mol. The second-order valence-corrected chi connectivity index (χ2v) is 9.12. The number of aromatic nitrogens is 2. The third-order valence-electron chi connectivity index (χ3n) is 5.40. The summed E-state index contributed by atoms with van der Waals surface area (Å²) in [6, 6.07) is 0.783. The van der Waals surface area contributed by atoms with Crippen molar-refractivity contribution in [2.45, 2.75) is 36.6 Å². The summed E-state index contributed by atoms with van der Waals surface area (Å²) in [6.07, 6.45) is 2.69. The smallest absolute Gasteiger partial charge is 0.323 e. The zero-order valence-electron chi connectivity index (χ0n) is 18.0. The fourth-order valence-electron chi connectivity index (χ4n) is 3.86. The molecule has 9 nitrogen and oxygen atoms in total. The number of ether oxygens (including phenoxy) is 1. The van der Waals surface area contributed by atoms with Crippen molar-refractivity contribution < 1.29 is 27.5 Å². The molecule has 1 aromatic carbocycles. The zero-order chi connectivity index (χ0) is 24.6. The van der Waals surface area contributed by atoms with Crippen molar-refractivity contribution in [2.24, 2.45) is 4.99 Å². The molecule has 0 spiro atoms. The Labute approximate surface area is 206 Å². The zero-order valence-corrected chi connectivity index (χ0v) is 20.1. The highest BCUT2D eigenvalue weighted by molar-refractivity contribution is 14.1. The van der Waals surface area contributed by atoms with Crippen molar-refractivity contribution >= 4 is 51.8 Å². The molecule has 0 bridgehead atoms. The highest BCUT2D eigenvalue weighted by Gasteiger charge is 2.37. The average Bonchev–Trinajstić information content (AvgIpc) is 3.33. The van der Waals surface area contributed by atoms with E-state index in [2.05, 4.69) is 44.6 Å². The van der Waals surface area contributed by atoms with Gasteiger partial charge < -0.3 is 19.9 Å². The summed E-state index contributed by atoms with van der Waals surface area (Å²) in [5.74, 6) is -4.18. The Balaban J connectivity index is 1.51. The molecular formula is C21H20F3IN6O3. The van der Waals surface area contributed by atoms with Gasteiger partial charge in [0, 0.05) is 30.9 Å². The molecule has 0 saturated carbocycles. The molecule has 2 aliphatic rings. The summed E-state index contributed by atoms with van der Waals surface area (Å²) >= 11 is 2.05. The number of carbonyl (C=O) groups is 2. The third-order valence-corrected chi connectivity index (χ3v) is 6.46. The number of halogens is 4. The second kappa shape index (κ2) is 9.64. The molecule has 13 heteroatoms. The Kier molecular flexibility index (Phi) is 6.81. The number of rotatable bonds is 4. The van der Waals surface area contributed by atoms with E-state index < -0.39 is 29.6 Å². The average molecular weight is 588 g/mol. The molecule has 1 fully saturated rings. The van der Waals surface area contributed by atoms with Crippen LogP contribution in [0.15, 0.2) is 36.1 Å². The third kappa shape index (κ3) is 4.74. The minimum atomic E-state index is -1.61. The summed E-state index contributed by atoms with van der Waals surface area (Å²) in [6.45, 7) is 5.90.